The summed E-state index contributed by atoms with van der Waals surface area (Å²) in [4.78, 5) is 16.5. The quantitative estimate of drug-likeness (QED) is 0.814. The number of aliphatic hydroxyl groups excluding tert-OH is 1. The molecule has 0 bridgehead atoms. The van der Waals surface area contributed by atoms with Crippen molar-refractivity contribution in [2.75, 3.05) is 26.4 Å². The van der Waals surface area contributed by atoms with Gasteiger partial charge in [0, 0.05) is 11.9 Å². The van der Waals surface area contributed by atoms with Crippen molar-refractivity contribution in [1.29, 1.82) is 0 Å². The third-order valence-corrected chi connectivity index (χ3v) is 2.96. The van der Waals surface area contributed by atoms with Crippen molar-refractivity contribution in [2.45, 2.75) is 13.8 Å². The zero-order valence-electron chi connectivity index (χ0n) is 12.8. The van der Waals surface area contributed by atoms with Crippen LogP contribution in [0.3, 0.4) is 0 Å². The van der Waals surface area contributed by atoms with E-state index < -0.39 is 0 Å². The molecule has 2 N–H and O–H groups in total. The molecule has 0 fully saturated rings. The Morgan fingerprint density at radius 1 is 1.27 bits per heavy atom. The molecule has 1 heterocycles. The number of pyridine rings is 1. The van der Waals surface area contributed by atoms with Gasteiger partial charge in [-0.3, -0.25) is 4.79 Å². The van der Waals surface area contributed by atoms with Crippen molar-refractivity contribution >= 4 is 16.8 Å². The minimum atomic E-state index is -0.300. The van der Waals surface area contributed by atoms with Crippen LogP contribution in [0.4, 0.5) is 0 Å². The van der Waals surface area contributed by atoms with E-state index in [-0.39, 0.29) is 24.8 Å². The summed E-state index contributed by atoms with van der Waals surface area (Å²) in [6.45, 7) is 4.79. The third kappa shape index (κ3) is 3.65. The van der Waals surface area contributed by atoms with Gasteiger partial charge in [-0.2, -0.15) is 0 Å². The minimum absolute atomic E-state index is 0.102. The van der Waals surface area contributed by atoms with Crippen molar-refractivity contribution in [3.05, 3.63) is 30.0 Å². The Bertz CT molecular complexity index is 658. The van der Waals surface area contributed by atoms with E-state index in [1.807, 2.05) is 26.0 Å². The summed E-state index contributed by atoms with van der Waals surface area (Å²) < 4.78 is 10.9. The zero-order valence-corrected chi connectivity index (χ0v) is 12.8. The molecule has 0 aliphatic rings. The van der Waals surface area contributed by atoms with Crippen LogP contribution in [-0.4, -0.2) is 42.4 Å². The van der Waals surface area contributed by atoms with E-state index >= 15 is 0 Å². The Hall–Kier alpha value is -2.34. The predicted molar refractivity (Wildman–Crippen MR) is 83.5 cm³/mol. The molecule has 6 nitrogen and oxygen atoms in total. The van der Waals surface area contributed by atoms with E-state index in [1.165, 1.54) is 0 Å². The van der Waals surface area contributed by atoms with Crippen LogP contribution in [-0.2, 0) is 0 Å². The number of hydrogen-bond donors (Lipinski definition) is 2. The van der Waals surface area contributed by atoms with E-state index in [4.69, 9.17) is 14.6 Å². The van der Waals surface area contributed by atoms with Crippen molar-refractivity contribution < 1.29 is 19.4 Å². The number of rotatable bonds is 7. The molecule has 118 valence electrons. The molecule has 2 rings (SSSR count). The van der Waals surface area contributed by atoms with Gasteiger partial charge in [-0.05, 0) is 38.1 Å². The number of carbonyl (C=O) groups excluding carboxylic acids is 1. The summed E-state index contributed by atoms with van der Waals surface area (Å²) in [6.07, 6.45) is 0. The highest BCUT2D eigenvalue weighted by molar-refractivity contribution is 5.98. The molecular formula is C16H20N2O4. The molecule has 0 aliphatic heterocycles. The number of amides is 1. The van der Waals surface area contributed by atoms with Crippen LogP contribution >= 0.6 is 0 Å². The second kappa shape index (κ2) is 7.61. The number of hydrogen-bond acceptors (Lipinski definition) is 5. The van der Waals surface area contributed by atoms with Gasteiger partial charge >= 0.3 is 0 Å². The summed E-state index contributed by atoms with van der Waals surface area (Å²) in [7, 11) is 0. The highest BCUT2D eigenvalue weighted by atomic mass is 16.5. The Kier molecular flexibility index (Phi) is 5.55. The van der Waals surface area contributed by atoms with Gasteiger partial charge in [0.05, 0.1) is 18.7 Å². The van der Waals surface area contributed by atoms with Crippen molar-refractivity contribution in [3.63, 3.8) is 0 Å². The lowest BCUT2D eigenvalue weighted by atomic mass is 10.1. The number of nitrogens with zero attached hydrogens (tertiary/aromatic N) is 1. The monoisotopic (exact) mass is 304 g/mol. The first-order valence-corrected chi connectivity index (χ1v) is 7.29. The predicted octanol–water partition coefficient (Wildman–Crippen LogP) is 1.75. The Morgan fingerprint density at radius 3 is 2.77 bits per heavy atom. The number of ether oxygens (including phenoxy) is 2. The van der Waals surface area contributed by atoms with E-state index in [0.29, 0.717) is 24.4 Å². The maximum absolute atomic E-state index is 12.1. The first-order valence-electron chi connectivity index (χ1n) is 7.29. The first kappa shape index (κ1) is 16.0. The molecular weight excluding hydrogens is 284 g/mol. The molecule has 0 atom stereocenters. The molecule has 6 heteroatoms. The lowest BCUT2D eigenvalue weighted by molar-refractivity contribution is 0.0945. The van der Waals surface area contributed by atoms with Gasteiger partial charge in [-0.1, -0.05) is 0 Å². The fourth-order valence-corrected chi connectivity index (χ4v) is 2.06. The number of aliphatic hydroxyl groups is 1. The van der Waals surface area contributed by atoms with Crippen LogP contribution in [0.2, 0.25) is 0 Å². The number of nitrogens with one attached hydrogen (secondary N) is 1. The highest BCUT2D eigenvalue weighted by Gasteiger charge is 2.16. The summed E-state index contributed by atoms with van der Waals surface area (Å²) in [5.74, 6) is 0.781. The Morgan fingerprint density at radius 2 is 2.09 bits per heavy atom. The van der Waals surface area contributed by atoms with Crippen molar-refractivity contribution in [1.82, 2.24) is 10.3 Å². The largest absolute Gasteiger partial charge is 0.494 e. The maximum atomic E-state index is 12.1. The van der Waals surface area contributed by atoms with E-state index in [9.17, 15) is 4.79 Å². The molecule has 0 unspecified atom stereocenters. The van der Waals surface area contributed by atoms with Crippen LogP contribution in [0.1, 0.15) is 24.3 Å². The second-order valence-electron chi connectivity index (χ2n) is 4.55. The van der Waals surface area contributed by atoms with Gasteiger partial charge in [0.25, 0.3) is 5.91 Å². The Labute approximate surface area is 129 Å². The molecule has 0 spiro atoms. The van der Waals surface area contributed by atoms with Gasteiger partial charge in [-0.25, -0.2) is 4.98 Å². The van der Waals surface area contributed by atoms with Crippen LogP contribution in [0.15, 0.2) is 24.3 Å². The number of carbonyl (C=O) groups is 1. The van der Waals surface area contributed by atoms with Crippen LogP contribution in [0.5, 0.6) is 11.5 Å². The lowest BCUT2D eigenvalue weighted by Crippen LogP contribution is -2.24. The minimum Gasteiger partial charge on any atom is -0.494 e. The standard InChI is InChI=1S/C16H20N2O4/c1-3-17-16(20)15-14(22-8-7-19)10-11-9-12(21-4-2)5-6-13(11)18-15/h5-6,9-10,19H,3-4,7-8H2,1-2H3,(H,17,20). The van der Waals surface area contributed by atoms with Gasteiger partial charge in [0.1, 0.15) is 12.4 Å². The Balaban J connectivity index is 2.47. The van der Waals surface area contributed by atoms with Gasteiger partial charge in [0.2, 0.25) is 0 Å². The third-order valence-electron chi connectivity index (χ3n) is 2.96. The van der Waals surface area contributed by atoms with E-state index in [2.05, 4.69) is 10.3 Å². The molecule has 1 amide bonds. The fourth-order valence-electron chi connectivity index (χ4n) is 2.06. The average molecular weight is 304 g/mol. The first-order chi connectivity index (χ1) is 10.7. The highest BCUT2D eigenvalue weighted by Crippen LogP contribution is 2.26. The molecule has 0 saturated heterocycles. The normalized spacial score (nSPS) is 10.5. The van der Waals surface area contributed by atoms with Gasteiger partial charge < -0.3 is 19.9 Å². The van der Waals surface area contributed by atoms with Crippen LogP contribution < -0.4 is 14.8 Å². The number of fused-ring (bicyclic) bond motifs is 1. The summed E-state index contributed by atoms with van der Waals surface area (Å²) in [5, 5.41) is 12.4. The van der Waals surface area contributed by atoms with E-state index in [1.54, 1.807) is 12.1 Å². The maximum Gasteiger partial charge on any atom is 0.273 e. The van der Waals surface area contributed by atoms with Gasteiger partial charge in [0.15, 0.2) is 11.4 Å². The number of benzene rings is 1. The summed E-state index contributed by atoms with van der Waals surface area (Å²) >= 11 is 0. The zero-order chi connectivity index (χ0) is 15.9. The summed E-state index contributed by atoms with van der Waals surface area (Å²) in [5.41, 5.74) is 0.896. The topological polar surface area (TPSA) is 80.7 Å². The van der Waals surface area contributed by atoms with Crippen LogP contribution in [0, 0.1) is 0 Å². The van der Waals surface area contributed by atoms with Crippen molar-refractivity contribution in [3.8, 4) is 11.5 Å². The SMILES string of the molecule is CCNC(=O)c1nc2ccc(OCC)cc2cc1OCCO. The fraction of sp³-hybridized carbons (Fsp3) is 0.375. The lowest BCUT2D eigenvalue weighted by Gasteiger charge is -2.12. The van der Waals surface area contributed by atoms with Crippen molar-refractivity contribution in [2.24, 2.45) is 0 Å². The molecule has 22 heavy (non-hydrogen) atoms. The molecule has 0 aliphatic carbocycles. The van der Waals surface area contributed by atoms with Gasteiger partial charge in [-0.15, -0.1) is 0 Å². The van der Waals surface area contributed by atoms with E-state index in [0.717, 1.165) is 11.1 Å². The molecule has 1 aromatic heterocycles. The number of aromatic nitrogens is 1. The molecule has 2 aromatic rings. The molecule has 0 saturated carbocycles. The smallest absolute Gasteiger partial charge is 0.273 e. The molecule has 0 radical (unpaired) electrons. The molecule has 1 aromatic carbocycles. The van der Waals surface area contributed by atoms with Crippen LogP contribution in [0.25, 0.3) is 10.9 Å². The second-order valence-corrected chi connectivity index (χ2v) is 4.55. The average Bonchev–Trinajstić information content (AvgIpc) is 2.52. The summed E-state index contributed by atoms with van der Waals surface area (Å²) in [6, 6.07) is 7.21.